The Bertz CT molecular complexity index is 410. The Morgan fingerprint density at radius 2 is 2.00 bits per heavy atom. The van der Waals surface area contributed by atoms with E-state index in [2.05, 4.69) is 5.32 Å². The van der Waals surface area contributed by atoms with Gasteiger partial charge in [0.25, 0.3) is 5.91 Å². The highest BCUT2D eigenvalue weighted by atomic mass is 16.5. The highest BCUT2D eigenvalue weighted by Gasteiger charge is 2.09. The molecule has 0 aliphatic heterocycles. The van der Waals surface area contributed by atoms with Crippen LogP contribution in [0.5, 0.6) is 0 Å². The van der Waals surface area contributed by atoms with E-state index >= 15 is 0 Å². The van der Waals surface area contributed by atoms with E-state index in [1.54, 1.807) is 7.11 Å². The molecule has 0 unspecified atom stereocenters. The van der Waals surface area contributed by atoms with Crippen LogP contribution < -0.4 is 11.1 Å². The van der Waals surface area contributed by atoms with Gasteiger partial charge in [-0.05, 0) is 37.4 Å². The van der Waals surface area contributed by atoms with E-state index in [1.807, 2.05) is 24.3 Å². The van der Waals surface area contributed by atoms with Crippen LogP contribution in [0, 0.1) is 0 Å². The van der Waals surface area contributed by atoms with E-state index in [1.165, 1.54) is 0 Å². The molecular weight excluding hydrogens is 268 g/mol. The lowest BCUT2D eigenvalue weighted by molar-refractivity contribution is 0.0686. The summed E-state index contributed by atoms with van der Waals surface area (Å²) < 4.78 is 10.3. The van der Waals surface area contributed by atoms with Gasteiger partial charge in [-0.1, -0.05) is 18.2 Å². The number of methoxy groups -OCH3 is 1. The highest BCUT2D eigenvalue weighted by molar-refractivity contribution is 5.95. The normalized spacial score (nSPS) is 10.6. The van der Waals surface area contributed by atoms with Gasteiger partial charge >= 0.3 is 0 Å². The van der Waals surface area contributed by atoms with E-state index < -0.39 is 0 Å². The van der Waals surface area contributed by atoms with Crippen LogP contribution in [0.4, 0.5) is 0 Å². The molecule has 1 aromatic rings. The average Bonchev–Trinajstić information content (AvgIpc) is 2.50. The largest absolute Gasteiger partial charge is 0.382 e. The lowest BCUT2D eigenvalue weighted by Crippen LogP contribution is -2.26. The zero-order chi connectivity index (χ0) is 15.3. The van der Waals surface area contributed by atoms with Gasteiger partial charge in [0.1, 0.15) is 0 Å². The summed E-state index contributed by atoms with van der Waals surface area (Å²) in [5.74, 6) is -0.0284. The maximum Gasteiger partial charge on any atom is 0.251 e. The third-order valence-corrected chi connectivity index (χ3v) is 3.11. The van der Waals surface area contributed by atoms with Crippen LogP contribution in [0.2, 0.25) is 0 Å². The highest BCUT2D eigenvalue weighted by Crippen LogP contribution is 2.09. The first-order valence-corrected chi connectivity index (χ1v) is 7.42. The van der Waals surface area contributed by atoms with E-state index in [0.29, 0.717) is 32.9 Å². The van der Waals surface area contributed by atoms with Gasteiger partial charge < -0.3 is 20.5 Å². The first-order valence-electron chi connectivity index (χ1n) is 7.42. The molecule has 0 aromatic heterocycles. The Balaban J connectivity index is 2.22. The van der Waals surface area contributed by atoms with Gasteiger partial charge in [0.05, 0.1) is 13.2 Å². The minimum atomic E-state index is -0.0284. The van der Waals surface area contributed by atoms with Crippen LogP contribution in [0.1, 0.15) is 28.8 Å². The van der Waals surface area contributed by atoms with Crippen LogP contribution in [-0.4, -0.2) is 45.9 Å². The first kappa shape index (κ1) is 17.6. The minimum absolute atomic E-state index is 0.0284. The molecule has 0 fully saturated rings. The van der Waals surface area contributed by atoms with Gasteiger partial charge in [-0.2, -0.15) is 0 Å². The molecule has 5 heteroatoms. The molecule has 0 aliphatic carbocycles. The average molecular weight is 294 g/mol. The van der Waals surface area contributed by atoms with Crippen molar-refractivity contribution < 1.29 is 14.3 Å². The summed E-state index contributed by atoms with van der Waals surface area (Å²) in [6, 6.07) is 7.59. The zero-order valence-electron chi connectivity index (χ0n) is 12.8. The Hall–Kier alpha value is -1.43. The summed E-state index contributed by atoms with van der Waals surface area (Å²) in [6.45, 7) is 3.14. The van der Waals surface area contributed by atoms with Crippen molar-refractivity contribution >= 4 is 5.91 Å². The number of nitrogens with two attached hydrogens (primary N) is 1. The van der Waals surface area contributed by atoms with Gasteiger partial charge in [0.15, 0.2) is 0 Å². The fraction of sp³-hybridized carbons (Fsp3) is 0.562. The van der Waals surface area contributed by atoms with E-state index in [-0.39, 0.29) is 5.91 Å². The van der Waals surface area contributed by atoms with Crippen molar-refractivity contribution in [1.82, 2.24) is 5.32 Å². The zero-order valence-corrected chi connectivity index (χ0v) is 12.8. The molecule has 0 saturated carbocycles. The summed E-state index contributed by atoms with van der Waals surface area (Å²) in [5, 5.41) is 2.94. The lowest BCUT2D eigenvalue weighted by atomic mass is 10.0. The van der Waals surface area contributed by atoms with Crippen LogP contribution in [0.25, 0.3) is 0 Å². The summed E-state index contributed by atoms with van der Waals surface area (Å²) in [4.78, 5) is 12.1. The smallest absolute Gasteiger partial charge is 0.251 e. The van der Waals surface area contributed by atoms with Crippen molar-refractivity contribution in [3.63, 3.8) is 0 Å². The summed E-state index contributed by atoms with van der Waals surface area (Å²) in [6.07, 6.45) is 2.54. The third kappa shape index (κ3) is 7.22. The number of ether oxygens (including phenoxy) is 2. The molecule has 1 amide bonds. The topological polar surface area (TPSA) is 73.6 Å². The number of rotatable bonds is 11. The van der Waals surface area contributed by atoms with Gasteiger partial charge in [-0.15, -0.1) is 0 Å². The Morgan fingerprint density at radius 1 is 1.19 bits per heavy atom. The SMILES string of the molecule is COCCOCCCCNC(=O)c1ccccc1CCN. The summed E-state index contributed by atoms with van der Waals surface area (Å²) in [5.41, 5.74) is 7.29. The van der Waals surface area contributed by atoms with Crippen molar-refractivity contribution in [2.45, 2.75) is 19.3 Å². The number of amides is 1. The molecule has 1 rings (SSSR count). The quantitative estimate of drug-likeness (QED) is 0.604. The fourth-order valence-electron chi connectivity index (χ4n) is 1.99. The second-order valence-corrected chi connectivity index (χ2v) is 4.76. The molecule has 0 spiro atoms. The van der Waals surface area contributed by atoms with Crippen LogP contribution in [0.3, 0.4) is 0 Å². The number of hydrogen-bond acceptors (Lipinski definition) is 4. The molecule has 1 aromatic carbocycles. The van der Waals surface area contributed by atoms with Gasteiger partial charge in [0.2, 0.25) is 0 Å². The summed E-state index contributed by atoms with van der Waals surface area (Å²) in [7, 11) is 1.65. The molecule has 0 heterocycles. The number of nitrogens with one attached hydrogen (secondary N) is 1. The van der Waals surface area contributed by atoms with Crippen molar-refractivity contribution in [2.75, 3.05) is 40.0 Å². The van der Waals surface area contributed by atoms with Crippen LogP contribution in [-0.2, 0) is 15.9 Å². The predicted octanol–water partition coefficient (Wildman–Crippen LogP) is 1.36. The van der Waals surface area contributed by atoms with Crippen molar-refractivity contribution in [3.05, 3.63) is 35.4 Å². The number of hydrogen-bond donors (Lipinski definition) is 2. The third-order valence-electron chi connectivity index (χ3n) is 3.11. The summed E-state index contributed by atoms with van der Waals surface area (Å²) >= 11 is 0. The Morgan fingerprint density at radius 3 is 2.76 bits per heavy atom. The molecule has 3 N–H and O–H groups in total. The van der Waals surface area contributed by atoms with Gasteiger partial charge in [-0.3, -0.25) is 4.79 Å². The molecule has 21 heavy (non-hydrogen) atoms. The molecule has 0 bridgehead atoms. The Labute approximate surface area is 126 Å². The standard InChI is InChI=1S/C16H26N2O3/c1-20-12-13-21-11-5-4-10-18-16(19)15-7-3-2-6-14(15)8-9-17/h2-3,6-7H,4-5,8-13,17H2,1H3,(H,18,19). The van der Waals surface area contributed by atoms with E-state index in [4.69, 9.17) is 15.2 Å². The van der Waals surface area contributed by atoms with Crippen LogP contribution in [0.15, 0.2) is 24.3 Å². The fourth-order valence-corrected chi connectivity index (χ4v) is 1.99. The minimum Gasteiger partial charge on any atom is -0.382 e. The number of carbonyl (C=O) groups is 1. The van der Waals surface area contributed by atoms with Crippen LogP contribution >= 0.6 is 0 Å². The van der Waals surface area contributed by atoms with Crippen molar-refractivity contribution in [3.8, 4) is 0 Å². The molecular formula is C16H26N2O3. The number of benzene rings is 1. The molecule has 118 valence electrons. The number of unbranched alkanes of at least 4 members (excludes halogenated alkanes) is 1. The number of carbonyl (C=O) groups excluding carboxylic acids is 1. The molecule has 0 saturated heterocycles. The molecule has 0 aliphatic rings. The first-order chi connectivity index (χ1) is 10.3. The van der Waals surface area contributed by atoms with E-state index in [0.717, 1.165) is 30.4 Å². The predicted molar refractivity (Wildman–Crippen MR) is 83.5 cm³/mol. The monoisotopic (exact) mass is 294 g/mol. The second kappa shape index (κ2) is 11.3. The van der Waals surface area contributed by atoms with Crippen molar-refractivity contribution in [2.24, 2.45) is 5.73 Å². The maximum atomic E-state index is 12.1. The van der Waals surface area contributed by atoms with Crippen molar-refractivity contribution in [1.29, 1.82) is 0 Å². The lowest BCUT2D eigenvalue weighted by Gasteiger charge is -2.09. The molecule has 0 radical (unpaired) electrons. The molecule has 0 atom stereocenters. The van der Waals surface area contributed by atoms with E-state index in [9.17, 15) is 4.79 Å². The maximum absolute atomic E-state index is 12.1. The Kier molecular flexibility index (Phi) is 9.44. The van der Waals surface area contributed by atoms with Gasteiger partial charge in [0, 0.05) is 25.8 Å². The second-order valence-electron chi connectivity index (χ2n) is 4.76. The van der Waals surface area contributed by atoms with Gasteiger partial charge in [-0.25, -0.2) is 0 Å². The molecule has 5 nitrogen and oxygen atoms in total.